The maximum atomic E-state index is 11.0. The molecule has 4 heteroatoms. The molecule has 1 rings (SSSR count). The van der Waals surface area contributed by atoms with Crippen molar-refractivity contribution in [3.05, 3.63) is 52.1 Å². The van der Waals surface area contributed by atoms with Crippen LogP contribution in [-0.2, 0) is 4.79 Å². The van der Waals surface area contributed by atoms with E-state index in [1.165, 1.54) is 6.92 Å². The van der Waals surface area contributed by atoms with Crippen LogP contribution in [0.15, 0.2) is 36.4 Å². The predicted molar refractivity (Wildman–Crippen MR) is 66.1 cm³/mol. The molecule has 0 aliphatic heterocycles. The van der Waals surface area contributed by atoms with Crippen molar-refractivity contribution in [2.75, 3.05) is 6.54 Å². The number of ketones is 1. The summed E-state index contributed by atoms with van der Waals surface area (Å²) < 4.78 is 0. The Morgan fingerprint density at radius 3 is 2.59 bits per heavy atom. The summed E-state index contributed by atoms with van der Waals surface area (Å²) in [5, 5.41) is 10.5. The van der Waals surface area contributed by atoms with Gasteiger partial charge in [0.15, 0.2) is 0 Å². The smallest absolute Gasteiger partial charge is 0.210 e. The first-order valence-electron chi connectivity index (χ1n) is 5.42. The number of Topliss-reactive ketones (excluding diaryl/α,β-unsaturated/α-hetero) is 1. The van der Waals surface area contributed by atoms with E-state index in [2.05, 4.69) is 0 Å². The first-order valence-corrected chi connectivity index (χ1v) is 5.42. The number of rotatable bonds is 6. The van der Waals surface area contributed by atoms with Gasteiger partial charge >= 0.3 is 0 Å². The van der Waals surface area contributed by atoms with Gasteiger partial charge in [-0.3, -0.25) is 10.1 Å². The van der Waals surface area contributed by atoms with Crippen LogP contribution in [0.5, 0.6) is 0 Å². The third-order valence-electron chi connectivity index (χ3n) is 2.29. The lowest BCUT2D eigenvalue weighted by Gasteiger charge is -2.04. The quantitative estimate of drug-likeness (QED) is 0.560. The van der Waals surface area contributed by atoms with Crippen LogP contribution in [0.3, 0.4) is 0 Å². The van der Waals surface area contributed by atoms with E-state index in [4.69, 9.17) is 0 Å². The highest BCUT2D eigenvalue weighted by atomic mass is 16.6. The normalized spacial score (nSPS) is 12.5. The zero-order valence-corrected chi connectivity index (χ0v) is 9.70. The highest BCUT2D eigenvalue weighted by molar-refractivity contribution is 5.76. The summed E-state index contributed by atoms with van der Waals surface area (Å²) in [5.74, 6) is -0.364. The molecule has 0 aromatic heterocycles. The second-order valence-corrected chi connectivity index (χ2v) is 3.95. The molecule has 0 aliphatic rings. The summed E-state index contributed by atoms with van der Waals surface area (Å²) >= 11 is 0. The predicted octanol–water partition coefficient (Wildman–Crippen LogP) is 2.57. The van der Waals surface area contributed by atoms with E-state index in [1.54, 1.807) is 6.08 Å². The molecule has 1 unspecified atom stereocenters. The van der Waals surface area contributed by atoms with Gasteiger partial charge < -0.3 is 4.79 Å². The Balaban J connectivity index is 2.68. The Kier molecular flexibility index (Phi) is 5.07. The summed E-state index contributed by atoms with van der Waals surface area (Å²) in [7, 11) is 0. The Morgan fingerprint density at radius 1 is 1.41 bits per heavy atom. The Hall–Kier alpha value is -1.97. The summed E-state index contributed by atoms with van der Waals surface area (Å²) in [6.45, 7) is 1.24. The fraction of sp³-hybridized carbons (Fsp3) is 0.308. The molecule has 0 heterocycles. The molecule has 0 N–H and O–H groups in total. The molecular formula is C13H15NO3. The van der Waals surface area contributed by atoms with Gasteiger partial charge in [-0.15, -0.1) is 0 Å². The van der Waals surface area contributed by atoms with Crippen molar-refractivity contribution in [2.45, 2.75) is 13.3 Å². The monoisotopic (exact) mass is 233 g/mol. The van der Waals surface area contributed by atoms with Crippen molar-refractivity contribution in [1.29, 1.82) is 0 Å². The number of hydrogen-bond donors (Lipinski definition) is 0. The molecule has 0 spiro atoms. The maximum absolute atomic E-state index is 11.0. The van der Waals surface area contributed by atoms with Crippen LogP contribution in [0, 0.1) is 16.0 Å². The fourth-order valence-electron chi connectivity index (χ4n) is 1.57. The molecule has 0 radical (unpaired) electrons. The highest BCUT2D eigenvalue weighted by Crippen LogP contribution is 2.10. The number of carbonyl (C=O) groups is 1. The first-order chi connectivity index (χ1) is 8.08. The topological polar surface area (TPSA) is 60.2 Å². The van der Waals surface area contributed by atoms with Crippen LogP contribution in [0.1, 0.15) is 18.9 Å². The van der Waals surface area contributed by atoms with Crippen molar-refractivity contribution < 1.29 is 9.72 Å². The number of carbonyl (C=O) groups excluding carboxylic acids is 1. The van der Waals surface area contributed by atoms with E-state index in [-0.39, 0.29) is 29.6 Å². The molecule has 1 aromatic carbocycles. The van der Waals surface area contributed by atoms with Crippen molar-refractivity contribution >= 4 is 11.9 Å². The second kappa shape index (κ2) is 6.58. The standard InChI is InChI=1S/C13H15NO3/c1-11(15)9-13(10-14(16)17)8-7-12-5-3-2-4-6-12/h2-8,13H,9-10H2,1H3/b8-7+. The number of hydrogen-bond acceptors (Lipinski definition) is 3. The van der Waals surface area contributed by atoms with Crippen LogP contribution < -0.4 is 0 Å². The lowest BCUT2D eigenvalue weighted by Crippen LogP contribution is -2.14. The average molecular weight is 233 g/mol. The number of benzene rings is 1. The Bertz CT molecular complexity index is 396. The minimum absolute atomic E-state index is 0.0328. The third kappa shape index (κ3) is 5.61. The minimum Gasteiger partial charge on any atom is -0.300 e. The number of nitro groups is 1. The summed E-state index contributed by atoms with van der Waals surface area (Å²) in [6.07, 6.45) is 3.76. The van der Waals surface area contributed by atoms with Crippen molar-refractivity contribution in [2.24, 2.45) is 5.92 Å². The van der Waals surface area contributed by atoms with Crippen molar-refractivity contribution in [1.82, 2.24) is 0 Å². The van der Waals surface area contributed by atoms with Crippen LogP contribution in [0.2, 0.25) is 0 Å². The Morgan fingerprint density at radius 2 is 2.06 bits per heavy atom. The van der Waals surface area contributed by atoms with Gasteiger partial charge in [0.2, 0.25) is 6.54 Å². The molecule has 0 saturated heterocycles. The van der Waals surface area contributed by atoms with Crippen LogP contribution in [0.25, 0.3) is 6.08 Å². The van der Waals surface area contributed by atoms with E-state index in [0.717, 1.165) is 5.56 Å². The second-order valence-electron chi connectivity index (χ2n) is 3.95. The Labute approximate surface area is 100 Å². The van der Waals surface area contributed by atoms with E-state index in [9.17, 15) is 14.9 Å². The van der Waals surface area contributed by atoms with Gasteiger partial charge in [-0.05, 0) is 12.5 Å². The van der Waals surface area contributed by atoms with Gasteiger partial charge in [0.1, 0.15) is 5.78 Å². The van der Waals surface area contributed by atoms with E-state index >= 15 is 0 Å². The lowest BCUT2D eigenvalue weighted by atomic mass is 10.0. The molecule has 0 bridgehead atoms. The van der Waals surface area contributed by atoms with E-state index in [0.29, 0.717) is 0 Å². The third-order valence-corrected chi connectivity index (χ3v) is 2.29. The summed E-state index contributed by atoms with van der Waals surface area (Å²) in [6, 6.07) is 9.52. The van der Waals surface area contributed by atoms with Gasteiger partial charge in [0.05, 0.1) is 0 Å². The fourth-order valence-corrected chi connectivity index (χ4v) is 1.57. The van der Waals surface area contributed by atoms with E-state index in [1.807, 2.05) is 36.4 Å². The van der Waals surface area contributed by atoms with Gasteiger partial charge in [-0.2, -0.15) is 0 Å². The number of nitrogens with zero attached hydrogens (tertiary/aromatic N) is 1. The molecule has 0 amide bonds. The zero-order valence-electron chi connectivity index (χ0n) is 9.70. The van der Waals surface area contributed by atoms with Gasteiger partial charge in [-0.25, -0.2) is 0 Å². The molecule has 1 aromatic rings. The highest BCUT2D eigenvalue weighted by Gasteiger charge is 2.14. The van der Waals surface area contributed by atoms with E-state index < -0.39 is 0 Å². The molecule has 4 nitrogen and oxygen atoms in total. The molecule has 0 aliphatic carbocycles. The zero-order chi connectivity index (χ0) is 12.7. The van der Waals surface area contributed by atoms with Crippen LogP contribution in [0.4, 0.5) is 0 Å². The molecule has 1 atom stereocenters. The van der Waals surface area contributed by atoms with Gasteiger partial charge in [0.25, 0.3) is 0 Å². The summed E-state index contributed by atoms with van der Waals surface area (Å²) in [4.78, 5) is 21.1. The minimum atomic E-state index is -0.386. The maximum Gasteiger partial charge on any atom is 0.210 e. The average Bonchev–Trinajstić information content (AvgIpc) is 2.26. The first kappa shape index (κ1) is 13.1. The molecule has 17 heavy (non-hydrogen) atoms. The SMILES string of the molecule is CC(=O)CC(/C=C/c1ccccc1)C[N+](=O)[O-]. The van der Waals surface area contributed by atoms with Crippen molar-refractivity contribution in [3.63, 3.8) is 0 Å². The van der Waals surface area contributed by atoms with Gasteiger partial charge in [-0.1, -0.05) is 42.5 Å². The molecule has 0 fully saturated rings. The van der Waals surface area contributed by atoms with Crippen molar-refractivity contribution in [3.8, 4) is 0 Å². The molecule has 90 valence electrons. The molecule has 0 saturated carbocycles. The van der Waals surface area contributed by atoms with Crippen LogP contribution in [-0.4, -0.2) is 17.3 Å². The summed E-state index contributed by atoms with van der Waals surface area (Å²) in [5.41, 5.74) is 0.976. The van der Waals surface area contributed by atoms with Crippen LogP contribution >= 0.6 is 0 Å². The molecular weight excluding hydrogens is 218 g/mol. The van der Waals surface area contributed by atoms with Gasteiger partial charge in [0, 0.05) is 17.3 Å². The lowest BCUT2D eigenvalue weighted by molar-refractivity contribution is -0.485. The largest absolute Gasteiger partial charge is 0.300 e.